The molecule has 2 aromatic rings. The van der Waals surface area contributed by atoms with Crippen molar-refractivity contribution in [3.05, 3.63) is 60.2 Å². The van der Waals surface area contributed by atoms with Crippen LogP contribution in [0.2, 0.25) is 0 Å². The van der Waals surface area contributed by atoms with Gasteiger partial charge in [0.15, 0.2) is 0 Å². The molecule has 5 amide bonds. The fourth-order valence-electron chi connectivity index (χ4n) is 3.42. The van der Waals surface area contributed by atoms with E-state index in [1.807, 2.05) is 44.2 Å². The summed E-state index contributed by atoms with van der Waals surface area (Å²) in [5.41, 5.74) is 1.62. The van der Waals surface area contributed by atoms with Gasteiger partial charge in [-0.2, -0.15) is 0 Å². The van der Waals surface area contributed by atoms with Crippen LogP contribution in [0.4, 0.5) is 21.0 Å². The normalized spacial score (nSPS) is 14.1. The molecule has 0 aromatic heterocycles. The van der Waals surface area contributed by atoms with E-state index in [1.54, 1.807) is 29.2 Å². The maximum absolute atomic E-state index is 12.8. The van der Waals surface area contributed by atoms with Crippen molar-refractivity contribution < 1.29 is 14.4 Å². The number of piperidine rings is 1. The Morgan fingerprint density at radius 1 is 0.903 bits per heavy atom. The Morgan fingerprint density at radius 3 is 2.23 bits per heavy atom. The molecule has 0 bridgehead atoms. The van der Waals surface area contributed by atoms with Gasteiger partial charge in [-0.3, -0.25) is 4.79 Å². The fraction of sp³-hybridized carbons (Fsp3) is 0.348. The van der Waals surface area contributed by atoms with Crippen molar-refractivity contribution in [3.8, 4) is 0 Å². The predicted molar refractivity (Wildman–Crippen MR) is 121 cm³/mol. The van der Waals surface area contributed by atoms with E-state index in [0.717, 1.165) is 5.69 Å². The van der Waals surface area contributed by atoms with Crippen LogP contribution in [-0.2, 0) is 0 Å². The minimum Gasteiger partial charge on any atom is -0.349 e. The van der Waals surface area contributed by atoms with Crippen molar-refractivity contribution in [2.75, 3.05) is 23.7 Å². The molecule has 1 fully saturated rings. The van der Waals surface area contributed by atoms with Crippen LogP contribution in [0.25, 0.3) is 0 Å². The summed E-state index contributed by atoms with van der Waals surface area (Å²) in [4.78, 5) is 39.0. The molecular formula is C23H29N5O3. The van der Waals surface area contributed by atoms with Crippen molar-refractivity contribution in [1.82, 2.24) is 15.5 Å². The number of benzene rings is 2. The van der Waals surface area contributed by atoms with Crippen LogP contribution in [-0.4, -0.2) is 48.0 Å². The summed E-state index contributed by atoms with van der Waals surface area (Å²) in [6.45, 7) is 4.84. The second-order valence-corrected chi connectivity index (χ2v) is 7.83. The molecule has 0 radical (unpaired) electrons. The SMILES string of the molecule is CC(C)NC(=O)Nc1ccccc1C(=O)NC1CCN(C(=O)Nc2ccccc2)CC1. The largest absolute Gasteiger partial charge is 0.349 e. The monoisotopic (exact) mass is 423 g/mol. The van der Waals surface area contributed by atoms with Gasteiger partial charge in [0.2, 0.25) is 0 Å². The van der Waals surface area contributed by atoms with Gasteiger partial charge in [0.25, 0.3) is 5.91 Å². The number of rotatable bonds is 5. The Hall–Kier alpha value is -3.55. The summed E-state index contributed by atoms with van der Waals surface area (Å²) < 4.78 is 0. The second kappa shape index (κ2) is 10.5. The highest BCUT2D eigenvalue weighted by molar-refractivity contribution is 6.03. The van der Waals surface area contributed by atoms with Crippen molar-refractivity contribution in [2.24, 2.45) is 0 Å². The van der Waals surface area contributed by atoms with Gasteiger partial charge in [0.05, 0.1) is 11.3 Å². The van der Waals surface area contributed by atoms with E-state index in [2.05, 4.69) is 21.3 Å². The minimum absolute atomic E-state index is 0.00901. The van der Waals surface area contributed by atoms with Gasteiger partial charge in [-0.1, -0.05) is 30.3 Å². The van der Waals surface area contributed by atoms with E-state index in [4.69, 9.17) is 0 Å². The van der Waals surface area contributed by atoms with Crippen molar-refractivity contribution in [3.63, 3.8) is 0 Å². The number of likely N-dealkylation sites (tertiary alicyclic amines) is 1. The summed E-state index contributed by atoms with van der Waals surface area (Å²) in [6.07, 6.45) is 1.33. The first-order chi connectivity index (χ1) is 14.9. The van der Waals surface area contributed by atoms with Gasteiger partial charge in [0.1, 0.15) is 0 Å². The van der Waals surface area contributed by atoms with Gasteiger partial charge in [0, 0.05) is 30.9 Å². The summed E-state index contributed by atoms with van der Waals surface area (Å²) in [5.74, 6) is -0.243. The number of anilines is 2. The number of para-hydroxylation sites is 2. The van der Waals surface area contributed by atoms with E-state index in [9.17, 15) is 14.4 Å². The maximum Gasteiger partial charge on any atom is 0.321 e. The van der Waals surface area contributed by atoms with Crippen LogP contribution >= 0.6 is 0 Å². The number of carbonyl (C=O) groups is 3. The molecule has 8 nitrogen and oxygen atoms in total. The quantitative estimate of drug-likeness (QED) is 0.590. The Morgan fingerprint density at radius 2 is 1.55 bits per heavy atom. The second-order valence-electron chi connectivity index (χ2n) is 7.83. The molecule has 0 atom stereocenters. The first-order valence-corrected chi connectivity index (χ1v) is 10.5. The summed E-state index contributed by atoms with van der Waals surface area (Å²) in [5, 5.41) is 11.4. The molecule has 0 saturated carbocycles. The average Bonchev–Trinajstić information content (AvgIpc) is 2.74. The molecule has 164 valence electrons. The van der Waals surface area contributed by atoms with Gasteiger partial charge >= 0.3 is 12.1 Å². The molecule has 0 unspecified atom stereocenters. The minimum atomic E-state index is -0.354. The van der Waals surface area contributed by atoms with Gasteiger partial charge in [-0.25, -0.2) is 9.59 Å². The van der Waals surface area contributed by atoms with Crippen LogP contribution in [0, 0.1) is 0 Å². The van der Waals surface area contributed by atoms with Crippen molar-refractivity contribution in [1.29, 1.82) is 0 Å². The van der Waals surface area contributed by atoms with E-state index >= 15 is 0 Å². The lowest BCUT2D eigenvalue weighted by Crippen LogP contribution is -2.47. The molecule has 2 aromatic carbocycles. The first-order valence-electron chi connectivity index (χ1n) is 10.5. The van der Waals surface area contributed by atoms with E-state index in [0.29, 0.717) is 37.2 Å². The molecule has 1 saturated heterocycles. The molecule has 8 heteroatoms. The topological polar surface area (TPSA) is 103 Å². The Balaban J connectivity index is 1.52. The fourth-order valence-corrected chi connectivity index (χ4v) is 3.42. The highest BCUT2D eigenvalue weighted by Gasteiger charge is 2.25. The van der Waals surface area contributed by atoms with Crippen LogP contribution in [0.1, 0.15) is 37.0 Å². The smallest absolute Gasteiger partial charge is 0.321 e. The van der Waals surface area contributed by atoms with E-state index < -0.39 is 0 Å². The maximum atomic E-state index is 12.8. The number of nitrogens with one attached hydrogen (secondary N) is 4. The summed E-state index contributed by atoms with van der Waals surface area (Å²) in [7, 11) is 0. The van der Waals surface area contributed by atoms with Crippen LogP contribution in [0.3, 0.4) is 0 Å². The zero-order chi connectivity index (χ0) is 22.2. The van der Waals surface area contributed by atoms with Crippen LogP contribution in [0.5, 0.6) is 0 Å². The van der Waals surface area contributed by atoms with Crippen molar-refractivity contribution in [2.45, 2.75) is 38.8 Å². The zero-order valence-corrected chi connectivity index (χ0v) is 17.9. The zero-order valence-electron chi connectivity index (χ0n) is 17.9. The standard InChI is InChI=1S/C23H29N5O3/c1-16(2)24-22(30)27-20-11-7-6-10-19(20)21(29)25-18-12-14-28(15-13-18)23(31)26-17-8-4-3-5-9-17/h3-11,16,18H,12-15H2,1-2H3,(H,25,29)(H,26,31)(H2,24,27,30). The molecule has 0 spiro atoms. The van der Waals surface area contributed by atoms with E-state index in [-0.39, 0.29) is 30.1 Å². The summed E-state index contributed by atoms with van der Waals surface area (Å²) in [6, 6.07) is 15.7. The third kappa shape index (κ3) is 6.47. The molecule has 0 aliphatic carbocycles. The number of amides is 5. The van der Waals surface area contributed by atoms with Crippen LogP contribution < -0.4 is 21.3 Å². The molecule has 1 heterocycles. The Bertz CT molecular complexity index is 908. The van der Waals surface area contributed by atoms with Gasteiger partial charge < -0.3 is 26.2 Å². The van der Waals surface area contributed by atoms with Gasteiger partial charge in [-0.15, -0.1) is 0 Å². The number of hydrogen-bond donors (Lipinski definition) is 4. The third-order valence-corrected chi connectivity index (χ3v) is 4.98. The molecule has 1 aliphatic heterocycles. The molecular weight excluding hydrogens is 394 g/mol. The molecule has 1 aliphatic rings. The Labute approximate surface area is 182 Å². The molecule has 31 heavy (non-hydrogen) atoms. The van der Waals surface area contributed by atoms with Gasteiger partial charge in [-0.05, 0) is 51.0 Å². The average molecular weight is 424 g/mol. The van der Waals surface area contributed by atoms with E-state index in [1.165, 1.54) is 0 Å². The lowest BCUT2D eigenvalue weighted by atomic mass is 10.0. The molecule has 3 rings (SSSR count). The summed E-state index contributed by atoms with van der Waals surface area (Å²) >= 11 is 0. The number of carbonyl (C=O) groups excluding carboxylic acids is 3. The lowest BCUT2D eigenvalue weighted by molar-refractivity contribution is 0.0920. The van der Waals surface area contributed by atoms with Crippen LogP contribution in [0.15, 0.2) is 54.6 Å². The number of hydrogen-bond acceptors (Lipinski definition) is 3. The first kappa shape index (κ1) is 22.1. The Kier molecular flexibility index (Phi) is 7.48. The highest BCUT2D eigenvalue weighted by atomic mass is 16.2. The van der Waals surface area contributed by atoms with Crippen molar-refractivity contribution >= 4 is 29.3 Å². The lowest BCUT2D eigenvalue weighted by Gasteiger charge is -2.32. The highest BCUT2D eigenvalue weighted by Crippen LogP contribution is 2.18. The number of nitrogens with zero attached hydrogens (tertiary/aromatic N) is 1. The predicted octanol–water partition coefficient (Wildman–Crippen LogP) is 3.64. The third-order valence-electron chi connectivity index (χ3n) is 4.98. The number of urea groups is 2. The molecule has 4 N–H and O–H groups in total.